The van der Waals surface area contributed by atoms with Gasteiger partial charge in [-0.1, -0.05) is 0 Å². The maximum absolute atomic E-state index is 13.6. The summed E-state index contributed by atoms with van der Waals surface area (Å²) in [7, 11) is 1.58. The highest BCUT2D eigenvalue weighted by atomic mass is 32.1. The molecule has 2 aromatic rings. The van der Waals surface area contributed by atoms with Crippen molar-refractivity contribution in [3.63, 3.8) is 0 Å². The van der Waals surface area contributed by atoms with Crippen LogP contribution in [-0.4, -0.2) is 54.5 Å². The van der Waals surface area contributed by atoms with Crippen LogP contribution in [0.25, 0.3) is 0 Å². The molecule has 1 saturated heterocycles. The summed E-state index contributed by atoms with van der Waals surface area (Å²) < 4.78 is 18.7. The Kier molecular flexibility index (Phi) is 5.41. The van der Waals surface area contributed by atoms with E-state index in [2.05, 4.69) is 5.32 Å². The van der Waals surface area contributed by atoms with Crippen LogP contribution in [-0.2, 0) is 0 Å². The first-order valence-electron chi connectivity index (χ1n) is 8.23. The predicted octanol–water partition coefficient (Wildman–Crippen LogP) is 3.27. The van der Waals surface area contributed by atoms with E-state index < -0.39 is 5.82 Å². The number of halogens is 1. The molecule has 1 aliphatic rings. The summed E-state index contributed by atoms with van der Waals surface area (Å²) >= 11 is 1.10. The number of amides is 3. The molecule has 8 heteroatoms. The van der Waals surface area contributed by atoms with E-state index in [1.807, 2.05) is 6.92 Å². The molecule has 0 spiro atoms. The minimum atomic E-state index is -0.493. The number of urea groups is 1. The van der Waals surface area contributed by atoms with Gasteiger partial charge in [-0.05, 0) is 42.6 Å². The minimum absolute atomic E-state index is 0.119. The summed E-state index contributed by atoms with van der Waals surface area (Å²) in [4.78, 5) is 28.3. The number of benzene rings is 1. The lowest BCUT2D eigenvalue weighted by atomic mass is 10.2. The summed E-state index contributed by atoms with van der Waals surface area (Å²) in [5.41, 5.74) is 0.669. The van der Waals surface area contributed by atoms with E-state index in [0.717, 1.165) is 11.3 Å². The molecule has 1 aromatic heterocycles. The quantitative estimate of drug-likeness (QED) is 0.893. The Balaban J connectivity index is 1.60. The summed E-state index contributed by atoms with van der Waals surface area (Å²) in [6, 6.07) is 7.96. The Hall–Kier alpha value is -2.61. The lowest BCUT2D eigenvalue weighted by Gasteiger charge is -2.39. The molecule has 138 valence electrons. The van der Waals surface area contributed by atoms with Crippen LogP contribution >= 0.6 is 11.3 Å². The summed E-state index contributed by atoms with van der Waals surface area (Å²) in [6.07, 6.45) is 0. The third-order valence-corrected chi connectivity index (χ3v) is 5.21. The standard InChI is InChI=1S/C18H20FN3O3S/c1-12-11-21(17(23)16-15(19)7-10-26-16)8-9-22(12)18(24)20-13-3-5-14(25-2)6-4-13/h3-7,10,12H,8-9,11H2,1-2H3,(H,20,24)/t12-/m1/s1. The number of rotatable bonds is 3. The number of hydrogen-bond donors (Lipinski definition) is 1. The Labute approximate surface area is 155 Å². The van der Waals surface area contributed by atoms with E-state index in [1.54, 1.807) is 46.6 Å². The zero-order chi connectivity index (χ0) is 18.7. The number of hydrogen-bond acceptors (Lipinski definition) is 4. The van der Waals surface area contributed by atoms with Gasteiger partial charge in [0, 0.05) is 31.4 Å². The molecule has 0 saturated carbocycles. The second-order valence-electron chi connectivity index (χ2n) is 6.05. The zero-order valence-corrected chi connectivity index (χ0v) is 15.4. The Morgan fingerprint density at radius 2 is 1.96 bits per heavy atom. The molecule has 1 aliphatic heterocycles. The zero-order valence-electron chi connectivity index (χ0n) is 14.6. The molecule has 0 aliphatic carbocycles. The number of anilines is 1. The van der Waals surface area contributed by atoms with Gasteiger partial charge in [0.2, 0.25) is 0 Å². The van der Waals surface area contributed by atoms with Gasteiger partial charge in [0.15, 0.2) is 0 Å². The molecular formula is C18H20FN3O3S. The van der Waals surface area contributed by atoms with Crippen molar-refractivity contribution >= 4 is 29.0 Å². The number of methoxy groups -OCH3 is 1. The molecule has 0 unspecified atom stereocenters. The molecule has 1 aromatic carbocycles. The first-order chi connectivity index (χ1) is 12.5. The molecule has 6 nitrogen and oxygen atoms in total. The summed E-state index contributed by atoms with van der Waals surface area (Å²) in [6.45, 7) is 3.00. The predicted molar refractivity (Wildman–Crippen MR) is 98.4 cm³/mol. The molecular weight excluding hydrogens is 357 g/mol. The van der Waals surface area contributed by atoms with Crippen LogP contribution in [0.15, 0.2) is 35.7 Å². The van der Waals surface area contributed by atoms with Gasteiger partial charge in [0.1, 0.15) is 16.4 Å². The molecule has 3 amide bonds. The number of piperazine rings is 1. The van der Waals surface area contributed by atoms with Crippen molar-refractivity contribution < 1.29 is 18.7 Å². The van der Waals surface area contributed by atoms with Crippen molar-refractivity contribution in [3.05, 3.63) is 46.4 Å². The second-order valence-corrected chi connectivity index (χ2v) is 6.97. The molecule has 2 heterocycles. The number of carbonyl (C=O) groups excluding carboxylic acids is 2. The molecule has 0 radical (unpaired) electrons. The van der Waals surface area contributed by atoms with Crippen LogP contribution in [0.5, 0.6) is 5.75 Å². The van der Waals surface area contributed by atoms with Crippen LogP contribution in [0, 0.1) is 5.82 Å². The number of nitrogens with zero attached hydrogens (tertiary/aromatic N) is 2. The van der Waals surface area contributed by atoms with Crippen molar-refractivity contribution in [1.82, 2.24) is 9.80 Å². The first-order valence-corrected chi connectivity index (χ1v) is 9.11. The number of nitrogens with one attached hydrogen (secondary N) is 1. The van der Waals surface area contributed by atoms with E-state index in [4.69, 9.17) is 4.74 Å². The molecule has 1 N–H and O–H groups in total. The van der Waals surface area contributed by atoms with Gasteiger partial charge >= 0.3 is 6.03 Å². The normalized spacial score (nSPS) is 17.1. The van der Waals surface area contributed by atoms with Gasteiger partial charge in [0.05, 0.1) is 7.11 Å². The highest BCUT2D eigenvalue weighted by Crippen LogP contribution is 2.21. The van der Waals surface area contributed by atoms with Crippen molar-refractivity contribution in [2.75, 3.05) is 32.1 Å². The van der Waals surface area contributed by atoms with E-state index in [0.29, 0.717) is 31.1 Å². The van der Waals surface area contributed by atoms with Crippen LogP contribution in [0.2, 0.25) is 0 Å². The summed E-state index contributed by atoms with van der Waals surface area (Å²) in [5, 5.41) is 4.40. The van der Waals surface area contributed by atoms with Crippen molar-refractivity contribution in [2.24, 2.45) is 0 Å². The minimum Gasteiger partial charge on any atom is -0.497 e. The van der Waals surface area contributed by atoms with Gasteiger partial charge in [-0.2, -0.15) is 0 Å². The third-order valence-electron chi connectivity index (χ3n) is 4.33. The van der Waals surface area contributed by atoms with Crippen LogP contribution in [0.4, 0.5) is 14.9 Å². The Bertz CT molecular complexity index is 793. The highest BCUT2D eigenvalue weighted by Gasteiger charge is 2.31. The Morgan fingerprint density at radius 1 is 1.23 bits per heavy atom. The fraction of sp³-hybridized carbons (Fsp3) is 0.333. The number of thiophene rings is 1. The van der Waals surface area contributed by atoms with Crippen molar-refractivity contribution in [3.8, 4) is 5.75 Å². The van der Waals surface area contributed by atoms with E-state index in [-0.39, 0.29) is 22.9 Å². The largest absolute Gasteiger partial charge is 0.497 e. The molecule has 1 atom stereocenters. The second kappa shape index (κ2) is 7.74. The average Bonchev–Trinajstić information content (AvgIpc) is 3.07. The van der Waals surface area contributed by atoms with E-state index in [9.17, 15) is 14.0 Å². The van der Waals surface area contributed by atoms with Gasteiger partial charge < -0.3 is 19.9 Å². The number of ether oxygens (including phenoxy) is 1. The molecule has 26 heavy (non-hydrogen) atoms. The monoisotopic (exact) mass is 377 g/mol. The van der Waals surface area contributed by atoms with Gasteiger partial charge in [-0.15, -0.1) is 11.3 Å². The molecule has 0 bridgehead atoms. The van der Waals surface area contributed by atoms with Crippen molar-refractivity contribution in [2.45, 2.75) is 13.0 Å². The Morgan fingerprint density at radius 3 is 2.54 bits per heavy atom. The van der Waals surface area contributed by atoms with E-state index >= 15 is 0 Å². The lowest BCUT2D eigenvalue weighted by molar-refractivity contribution is 0.0593. The highest BCUT2D eigenvalue weighted by molar-refractivity contribution is 7.12. The SMILES string of the molecule is COc1ccc(NC(=O)N2CCN(C(=O)c3sccc3F)C[C@H]2C)cc1. The first kappa shape index (κ1) is 18.2. The fourth-order valence-corrected chi connectivity index (χ4v) is 3.64. The smallest absolute Gasteiger partial charge is 0.322 e. The van der Waals surface area contributed by atoms with Crippen LogP contribution in [0.3, 0.4) is 0 Å². The topological polar surface area (TPSA) is 61.9 Å². The van der Waals surface area contributed by atoms with Crippen LogP contribution in [0.1, 0.15) is 16.6 Å². The number of carbonyl (C=O) groups is 2. The van der Waals surface area contributed by atoms with Crippen LogP contribution < -0.4 is 10.1 Å². The fourth-order valence-electron chi connectivity index (χ4n) is 2.90. The van der Waals surface area contributed by atoms with Crippen molar-refractivity contribution in [1.29, 1.82) is 0 Å². The maximum Gasteiger partial charge on any atom is 0.322 e. The van der Waals surface area contributed by atoms with Gasteiger partial charge in [-0.25, -0.2) is 9.18 Å². The molecule has 1 fully saturated rings. The van der Waals surface area contributed by atoms with E-state index in [1.165, 1.54) is 6.07 Å². The lowest BCUT2D eigenvalue weighted by Crippen LogP contribution is -2.56. The third kappa shape index (κ3) is 3.80. The van der Waals surface area contributed by atoms with Gasteiger partial charge in [0.25, 0.3) is 5.91 Å². The molecule has 3 rings (SSSR count). The summed E-state index contributed by atoms with van der Waals surface area (Å²) in [5.74, 6) is -0.101. The van der Waals surface area contributed by atoms with Gasteiger partial charge in [-0.3, -0.25) is 4.79 Å². The average molecular weight is 377 g/mol. The maximum atomic E-state index is 13.6.